The molecular weight excluding hydrogens is 596 g/mol. The Morgan fingerprint density at radius 3 is 2.19 bits per heavy atom. The van der Waals surface area contributed by atoms with Crippen molar-refractivity contribution in [2.45, 2.75) is 97.7 Å². The molecule has 7 rings (SSSR count). The lowest BCUT2D eigenvalue weighted by Gasteiger charge is -2.57. The molecule has 0 aromatic heterocycles. The second-order valence-electron chi connectivity index (χ2n) is 16.3. The van der Waals surface area contributed by atoms with Crippen LogP contribution in [0.2, 0.25) is 0 Å². The summed E-state index contributed by atoms with van der Waals surface area (Å²) in [6.45, 7) is 9.16. The molecule has 6 aliphatic rings. The summed E-state index contributed by atoms with van der Waals surface area (Å²) in [7, 11) is 4.58. The molecule has 258 valence electrons. The van der Waals surface area contributed by atoms with Crippen molar-refractivity contribution in [3.05, 3.63) is 35.5 Å². The highest BCUT2D eigenvalue weighted by Gasteiger charge is 2.60. The number of methoxy groups -OCH3 is 3. The zero-order valence-corrected chi connectivity index (χ0v) is 29.4. The third-order valence-corrected chi connectivity index (χ3v) is 12.0. The van der Waals surface area contributed by atoms with Crippen molar-refractivity contribution in [2.24, 2.45) is 39.9 Å². The van der Waals surface area contributed by atoms with Crippen LogP contribution in [0.3, 0.4) is 0 Å². The zero-order valence-electron chi connectivity index (χ0n) is 29.4. The molecule has 2 amide bonds. The van der Waals surface area contributed by atoms with Crippen LogP contribution in [0.4, 0.5) is 0 Å². The van der Waals surface area contributed by atoms with Crippen LogP contribution in [0.15, 0.2) is 30.0 Å². The Morgan fingerprint density at radius 1 is 0.979 bits per heavy atom. The molecule has 9 nitrogen and oxygen atoms in total. The Balaban J connectivity index is 1.27. The molecule has 47 heavy (non-hydrogen) atoms. The third-order valence-electron chi connectivity index (χ3n) is 12.0. The van der Waals surface area contributed by atoms with Gasteiger partial charge in [-0.3, -0.25) is 14.4 Å². The van der Waals surface area contributed by atoms with Crippen LogP contribution in [0, 0.1) is 39.9 Å². The number of rotatable bonds is 10. The highest BCUT2D eigenvalue weighted by atomic mass is 16.5. The van der Waals surface area contributed by atoms with Gasteiger partial charge in [0.1, 0.15) is 5.41 Å². The fourth-order valence-corrected chi connectivity index (χ4v) is 10.0. The van der Waals surface area contributed by atoms with Gasteiger partial charge in [0.05, 0.1) is 33.5 Å². The average Bonchev–Trinajstić information content (AvgIpc) is 3.02. The average molecular weight is 651 g/mol. The Bertz CT molecular complexity index is 1380. The van der Waals surface area contributed by atoms with Crippen LogP contribution < -0.4 is 14.8 Å². The maximum absolute atomic E-state index is 14.5. The van der Waals surface area contributed by atoms with Gasteiger partial charge in [0.15, 0.2) is 11.5 Å². The molecular formula is C38H54N2O7. The van der Waals surface area contributed by atoms with Gasteiger partial charge in [0.25, 0.3) is 0 Å². The number of benzene rings is 1. The van der Waals surface area contributed by atoms with E-state index in [1.807, 2.05) is 31.2 Å². The van der Waals surface area contributed by atoms with Crippen molar-refractivity contribution < 1.29 is 33.3 Å². The summed E-state index contributed by atoms with van der Waals surface area (Å²) in [4.78, 5) is 43.8. The van der Waals surface area contributed by atoms with E-state index in [9.17, 15) is 14.4 Å². The first kappa shape index (κ1) is 33.8. The lowest BCUT2D eigenvalue weighted by molar-refractivity contribution is -0.180. The van der Waals surface area contributed by atoms with E-state index in [0.29, 0.717) is 36.7 Å². The topological polar surface area (TPSA) is 103 Å². The van der Waals surface area contributed by atoms with Gasteiger partial charge >= 0.3 is 5.97 Å². The standard InChI is InChI=1S/C38H54N2O7/c1-23-38(35(43)46-7)21-28(16-33(41)39-22-37-18-25-12-26(19-37)14-27(13-25)20-37)34(42)40(31(38)17-32(47-23)36(2,3)4)11-10-24-8-9-29(44-5)30(15-24)45-6/h8-9,15,17,23,25-28,32H,10-14,16,18-22H2,1-7H3,(H,39,41)/t23-,25?,26?,27?,28+,32-,37?,38+/m1/s1. The quantitative estimate of drug-likeness (QED) is 0.325. The SMILES string of the molecule is COC(=O)[C@]12C[C@H](CC(=O)NCC34CC5CC(CC(C5)C3)C4)C(=O)N(CCc3ccc(OC)c(OC)c3)C1=C[C@H](C(C)(C)C)O[C@@H]2C. The Morgan fingerprint density at radius 2 is 1.62 bits per heavy atom. The van der Waals surface area contributed by atoms with Crippen LogP contribution in [-0.2, 0) is 30.3 Å². The molecule has 0 radical (unpaired) electrons. The van der Waals surface area contributed by atoms with Gasteiger partial charge in [0.2, 0.25) is 11.8 Å². The van der Waals surface area contributed by atoms with E-state index in [2.05, 4.69) is 26.1 Å². The predicted molar refractivity (Wildman–Crippen MR) is 178 cm³/mol. The number of likely N-dealkylation sites (tertiary alicyclic amines) is 1. The van der Waals surface area contributed by atoms with Crippen molar-refractivity contribution in [1.82, 2.24) is 10.2 Å². The summed E-state index contributed by atoms with van der Waals surface area (Å²) in [5.74, 6) is 2.25. The molecule has 4 aliphatic carbocycles. The van der Waals surface area contributed by atoms with Gasteiger partial charge in [-0.1, -0.05) is 26.8 Å². The minimum absolute atomic E-state index is 0.0273. The molecule has 9 heteroatoms. The molecule has 0 unspecified atom stereocenters. The highest BCUT2D eigenvalue weighted by Crippen LogP contribution is 2.60. The number of hydrogen-bond acceptors (Lipinski definition) is 7. The lowest BCUT2D eigenvalue weighted by Crippen LogP contribution is -2.61. The van der Waals surface area contributed by atoms with Crippen LogP contribution in [0.5, 0.6) is 11.5 Å². The van der Waals surface area contributed by atoms with Crippen molar-refractivity contribution in [2.75, 3.05) is 34.4 Å². The number of ether oxygens (including phenoxy) is 4. The van der Waals surface area contributed by atoms with Crippen molar-refractivity contribution in [3.63, 3.8) is 0 Å². The summed E-state index contributed by atoms with van der Waals surface area (Å²) in [5, 5.41) is 3.27. The Labute approximate surface area is 280 Å². The lowest BCUT2D eigenvalue weighted by atomic mass is 9.49. The molecule has 2 aliphatic heterocycles. The number of piperidine rings is 1. The van der Waals surface area contributed by atoms with Crippen LogP contribution >= 0.6 is 0 Å². The molecule has 1 aromatic carbocycles. The fourth-order valence-electron chi connectivity index (χ4n) is 10.0. The van der Waals surface area contributed by atoms with E-state index >= 15 is 0 Å². The van der Waals surface area contributed by atoms with E-state index < -0.39 is 23.4 Å². The molecule has 1 aromatic rings. The third kappa shape index (κ3) is 6.29. The summed E-state index contributed by atoms with van der Waals surface area (Å²) in [5.41, 5.74) is 0.299. The van der Waals surface area contributed by atoms with E-state index in [1.54, 1.807) is 19.1 Å². The molecule has 4 bridgehead atoms. The first-order chi connectivity index (χ1) is 22.3. The minimum Gasteiger partial charge on any atom is -0.493 e. The number of carbonyl (C=O) groups excluding carboxylic acids is 3. The maximum atomic E-state index is 14.5. The largest absolute Gasteiger partial charge is 0.493 e. The molecule has 1 N–H and O–H groups in total. The van der Waals surface area contributed by atoms with Crippen molar-refractivity contribution >= 4 is 17.8 Å². The van der Waals surface area contributed by atoms with Gasteiger partial charge in [-0.05, 0) is 111 Å². The monoisotopic (exact) mass is 650 g/mol. The first-order valence-electron chi connectivity index (χ1n) is 17.6. The number of carbonyl (C=O) groups is 3. The van der Waals surface area contributed by atoms with E-state index in [-0.39, 0.29) is 41.6 Å². The highest BCUT2D eigenvalue weighted by molar-refractivity contribution is 5.92. The summed E-state index contributed by atoms with van der Waals surface area (Å²) < 4.78 is 22.9. The number of nitrogens with one attached hydrogen (secondary N) is 1. The van der Waals surface area contributed by atoms with Gasteiger partial charge in [-0.15, -0.1) is 0 Å². The van der Waals surface area contributed by atoms with Crippen LogP contribution in [0.25, 0.3) is 0 Å². The van der Waals surface area contributed by atoms with E-state index in [0.717, 1.165) is 23.3 Å². The summed E-state index contributed by atoms with van der Waals surface area (Å²) in [6.07, 6.45) is 9.45. The normalized spacial score (nSPS) is 34.4. The minimum atomic E-state index is -1.22. The number of hydrogen-bond donors (Lipinski definition) is 1. The number of esters is 1. The molecule has 4 atom stereocenters. The molecule has 1 saturated heterocycles. The van der Waals surface area contributed by atoms with E-state index in [4.69, 9.17) is 18.9 Å². The van der Waals surface area contributed by atoms with Gasteiger partial charge in [0, 0.05) is 31.1 Å². The molecule has 2 heterocycles. The second kappa shape index (κ2) is 12.8. The fraction of sp³-hybridized carbons (Fsp3) is 0.711. The van der Waals surface area contributed by atoms with Gasteiger partial charge in [-0.2, -0.15) is 0 Å². The van der Waals surface area contributed by atoms with Gasteiger partial charge < -0.3 is 29.2 Å². The zero-order chi connectivity index (χ0) is 33.7. The van der Waals surface area contributed by atoms with Crippen LogP contribution in [0.1, 0.15) is 84.6 Å². The molecule has 4 saturated carbocycles. The van der Waals surface area contributed by atoms with Crippen LogP contribution in [-0.4, -0.2) is 69.3 Å². The van der Waals surface area contributed by atoms with Crippen molar-refractivity contribution in [1.29, 1.82) is 0 Å². The summed E-state index contributed by atoms with van der Waals surface area (Å²) >= 11 is 0. The van der Waals surface area contributed by atoms with E-state index in [1.165, 1.54) is 45.6 Å². The van der Waals surface area contributed by atoms with Crippen molar-refractivity contribution in [3.8, 4) is 11.5 Å². The smallest absolute Gasteiger partial charge is 0.320 e. The Hall–Kier alpha value is -3.07. The molecule has 0 spiro atoms. The predicted octanol–water partition coefficient (Wildman–Crippen LogP) is 5.69. The maximum Gasteiger partial charge on any atom is 0.320 e. The number of fused-ring (bicyclic) bond motifs is 1. The van der Waals surface area contributed by atoms with Gasteiger partial charge in [-0.25, -0.2) is 0 Å². The number of amides is 2. The Kier molecular flexibility index (Phi) is 9.18. The first-order valence-corrected chi connectivity index (χ1v) is 17.6. The molecule has 5 fully saturated rings. The number of nitrogens with zero attached hydrogens (tertiary/aromatic N) is 1. The summed E-state index contributed by atoms with van der Waals surface area (Å²) in [6, 6.07) is 5.72. The second-order valence-corrected chi connectivity index (χ2v) is 16.3.